The molecule has 0 fully saturated rings. The van der Waals surface area contributed by atoms with E-state index in [2.05, 4.69) is 10.3 Å². The minimum Gasteiger partial charge on any atom is -0.480 e. The van der Waals surface area contributed by atoms with Crippen LogP contribution < -0.4 is 5.32 Å². The Hall–Kier alpha value is -1.43. The Balaban J connectivity index is 2.78. The number of carbonyl (C=O) groups is 2. The van der Waals surface area contributed by atoms with Crippen molar-refractivity contribution in [2.24, 2.45) is 5.41 Å². The van der Waals surface area contributed by atoms with Crippen molar-refractivity contribution >= 4 is 23.2 Å². The molecule has 0 aliphatic carbocycles. The quantitative estimate of drug-likeness (QED) is 0.839. The fourth-order valence-electron chi connectivity index (χ4n) is 1.18. The Morgan fingerprint density at radius 1 is 1.50 bits per heavy atom. The van der Waals surface area contributed by atoms with Crippen molar-refractivity contribution < 1.29 is 14.7 Å². The second kappa shape index (κ2) is 4.61. The van der Waals surface area contributed by atoms with Crippen LogP contribution in [0, 0.1) is 5.41 Å². The molecule has 1 unspecified atom stereocenters. The third kappa shape index (κ3) is 3.03. The molecule has 1 aromatic heterocycles. The molecule has 0 radical (unpaired) electrons. The van der Waals surface area contributed by atoms with Gasteiger partial charge in [0.2, 0.25) is 0 Å². The number of nitrogens with one attached hydrogen (secondary N) is 1. The van der Waals surface area contributed by atoms with Gasteiger partial charge in [0.05, 0.1) is 11.7 Å². The number of thiazole rings is 1. The van der Waals surface area contributed by atoms with E-state index < -0.39 is 23.3 Å². The van der Waals surface area contributed by atoms with E-state index >= 15 is 0 Å². The standard InChI is InChI=1S/C10H14N2O3S/c1-10(2,3)7(9(14)15)12-8(13)6-4-11-5-16-6/h4-5,7H,1-3H3,(H,12,13)(H,14,15). The molecule has 0 bridgehead atoms. The number of hydrogen-bond donors (Lipinski definition) is 2. The third-order valence-corrected chi connectivity index (χ3v) is 2.82. The largest absolute Gasteiger partial charge is 0.480 e. The summed E-state index contributed by atoms with van der Waals surface area (Å²) in [4.78, 5) is 26.9. The Labute approximate surface area is 97.5 Å². The predicted octanol–water partition coefficient (Wildman–Crippen LogP) is 1.37. The van der Waals surface area contributed by atoms with Gasteiger partial charge in [-0.05, 0) is 5.41 Å². The molecule has 1 heterocycles. The molecule has 1 atom stereocenters. The molecule has 0 aliphatic rings. The van der Waals surface area contributed by atoms with E-state index in [0.29, 0.717) is 4.88 Å². The van der Waals surface area contributed by atoms with Crippen LogP contribution in [0.15, 0.2) is 11.7 Å². The number of hydrogen-bond acceptors (Lipinski definition) is 4. The zero-order valence-corrected chi connectivity index (χ0v) is 10.2. The first-order chi connectivity index (χ1) is 7.32. The van der Waals surface area contributed by atoms with Crippen molar-refractivity contribution in [1.82, 2.24) is 10.3 Å². The molecular weight excluding hydrogens is 228 g/mol. The lowest BCUT2D eigenvalue weighted by Gasteiger charge is -2.27. The lowest BCUT2D eigenvalue weighted by Crippen LogP contribution is -2.48. The summed E-state index contributed by atoms with van der Waals surface area (Å²) in [7, 11) is 0. The molecule has 0 spiro atoms. The maximum Gasteiger partial charge on any atom is 0.326 e. The highest BCUT2D eigenvalue weighted by Crippen LogP contribution is 2.20. The van der Waals surface area contributed by atoms with Gasteiger partial charge in [-0.15, -0.1) is 11.3 Å². The fourth-order valence-corrected chi connectivity index (χ4v) is 1.70. The summed E-state index contributed by atoms with van der Waals surface area (Å²) in [6.45, 7) is 5.29. The summed E-state index contributed by atoms with van der Waals surface area (Å²) >= 11 is 1.18. The molecule has 88 valence electrons. The second-order valence-electron chi connectivity index (χ2n) is 4.48. The number of amides is 1. The molecule has 0 aromatic carbocycles. The number of aromatic nitrogens is 1. The monoisotopic (exact) mass is 242 g/mol. The fraction of sp³-hybridized carbons (Fsp3) is 0.500. The Morgan fingerprint density at radius 3 is 2.50 bits per heavy atom. The van der Waals surface area contributed by atoms with Gasteiger partial charge in [0.1, 0.15) is 10.9 Å². The lowest BCUT2D eigenvalue weighted by atomic mass is 9.87. The number of aliphatic carboxylic acids is 1. The molecule has 5 nitrogen and oxygen atoms in total. The average molecular weight is 242 g/mol. The van der Waals surface area contributed by atoms with E-state index in [1.807, 2.05) is 0 Å². The van der Waals surface area contributed by atoms with E-state index in [1.165, 1.54) is 23.0 Å². The molecular formula is C10H14N2O3S. The Morgan fingerprint density at radius 2 is 2.12 bits per heavy atom. The molecule has 1 rings (SSSR count). The van der Waals surface area contributed by atoms with Crippen molar-refractivity contribution in [2.45, 2.75) is 26.8 Å². The van der Waals surface area contributed by atoms with Gasteiger partial charge in [-0.3, -0.25) is 9.78 Å². The molecule has 6 heteroatoms. The van der Waals surface area contributed by atoms with Crippen LogP contribution in [-0.2, 0) is 4.79 Å². The summed E-state index contributed by atoms with van der Waals surface area (Å²) in [6, 6.07) is -0.915. The van der Waals surface area contributed by atoms with Gasteiger partial charge < -0.3 is 10.4 Å². The summed E-state index contributed by atoms with van der Waals surface area (Å²) in [5.74, 6) is -1.44. The first-order valence-electron chi connectivity index (χ1n) is 4.74. The van der Waals surface area contributed by atoms with Gasteiger partial charge in [0, 0.05) is 0 Å². The van der Waals surface area contributed by atoms with Crippen LogP contribution in [0.5, 0.6) is 0 Å². The van der Waals surface area contributed by atoms with E-state index in [9.17, 15) is 9.59 Å². The Kier molecular flexibility index (Phi) is 3.64. The maximum absolute atomic E-state index is 11.7. The van der Waals surface area contributed by atoms with Gasteiger partial charge in [0.15, 0.2) is 0 Å². The number of carbonyl (C=O) groups excluding carboxylic acids is 1. The van der Waals surface area contributed by atoms with Crippen molar-refractivity contribution in [3.8, 4) is 0 Å². The van der Waals surface area contributed by atoms with Crippen LogP contribution >= 0.6 is 11.3 Å². The third-order valence-electron chi connectivity index (χ3n) is 2.04. The minimum absolute atomic E-state index is 0.398. The minimum atomic E-state index is -1.04. The SMILES string of the molecule is CC(C)(C)C(NC(=O)c1cncs1)C(=O)O. The van der Waals surface area contributed by atoms with Crippen LogP contribution in [-0.4, -0.2) is 28.0 Å². The number of carboxylic acid groups (broad SMARTS) is 1. The van der Waals surface area contributed by atoms with Gasteiger partial charge in [-0.25, -0.2) is 4.79 Å². The zero-order valence-electron chi connectivity index (χ0n) is 9.35. The van der Waals surface area contributed by atoms with Crippen molar-refractivity contribution in [3.05, 3.63) is 16.6 Å². The van der Waals surface area contributed by atoms with Gasteiger partial charge >= 0.3 is 5.97 Å². The van der Waals surface area contributed by atoms with Crippen LogP contribution in [0.2, 0.25) is 0 Å². The number of nitrogens with zero attached hydrogens (tertiary/aromatic N) is 1. The smallest absolute Gasteiger partial charge is 0.326 e. The first-order valence-corrected chi connectivity index (χ1v) is 5.62. The summed E-state index contributed by atoms with van der Waals surface area (Å²) in [6.07, 6.45) is 1.42. The molecule has 2 N–H and O–H groups in total. The summed E-state index contributed by atoms with van der Waals surface area (Å²) in [5.41, 5.74) is 0.994. The lowest BCUT2D eigenvalue weighted by molar-refractivity contribution is -0.142. The van der Waals surface area contributed by atoms with Crippen molar-refractivity contribution in [3.63, 3.8) is 0 Å². The molecule has 1 amide bonds. The average Bonchev–Trinajstić information content (AvgIpc) is 2.63. The maximum atomic E-state index is 11.7. The highest BCUT2D eigenvalue weighted by Gasteiger charge is 2.32. The van der Waals surface area contributed by atoms with E-state index in [0.717, 1.165) is 0 Å². The van der Waals surface area contributed by atoms with Crippen molar-refractivity contribution in [1.29, 1.82) is 0 Å². The van der Waals surface area contributed by atoms with E-state index in [-0.39, 0.29) is 0 Å². The predicted molar refractivity (Wildman–Crippen MR) is 60.5 cm³/mol. The van der Waals surface area contributed by atoms with Crippen molar-refractivity contribution in [2.75, 3.05) is 0 Å². The van der Waals surface area contributed by atoms with Crippen LogP contribution in [0.25, 0.3) is 0 Å². The normalized spacial score (nSPS) is 13.2. The van der Waals surface area contributed by atoms with Crippen LogP contribution in [0.4, 0.5) is 0 Å². The molecule has 0 aliphatic heterocycles. The zero-order chi connectivity index (χ0) is 12.3. The highest BCUT2D eigenvalue weighted by molar-refractivity contribution is 7.11. The molecule has 1 aromatic rings. The highest BCUT2D eigenvalue weighted by atomic mass is 32.1. The van der Waals surface area contributed by atoms with Gasteiger partial charge in [-0.1, -0.05) is 20.8 Å². The molecule has 16 heavy (non-hydrogen) atoms. The van der Waals surface area contributed by atoms with Crippen LogP contribution in [0.3, 0.4) is 0 Å². The van der Waals surface area contributed by atoms with E-state index in [4.69, 9.17) is 5.11 Å². The second-order valence-corrected chi connectivity index (χ2v) is 5.36. The van der Waals surface area contributed by atoms with E-state index in [1.54, 1.807) is 20.8 Å². The topological polar surface area (TPSA) is 79.3 Å². The Bertz CT molecular complexity index is 381. The number of rotatable bonds is 3. The van der Waals surface area contributed by atoms with Crippen LogP contribution in [0.1, 0.15) is 30.4 Å². The molecule has 0 saturated heterocycles. The van der Waals surface area contributed by atoms with Gasteiger partial charge in [-0.2, -0.15) is 0 Å². The number of carboxylic acids is 1. The first kappa shape index (κ1) is 12.6. The molecule has 0 saturated carbocycles. The van der Waals surface area contributed by atoms with Gasteiger partial charge in [0.25, 0.3) is 5.91 Å². The summed E-state index contributed by atoms with van der Waals surface area (Å²) < 4.78 is 0. The summed E-state index contributed by atoms with van der Waals surface area (Å²) in [5, 5.41) is 11.5.